The van der Waals surface area contributed by atoms with Crippen molar-refractivity contribution in [3.8, 4) is 0 Å². The van der Waals surface area contributed by atoms with E-state index in [0.29, 0.717) is 17.4 Å². The van der Waals surface area contributed by atoms with Crippen molar-refractivity contribution in [2.75, 3.05) is 47.5 Å². The molecular formula is C84H145NO8P+. The van der Waals surface area contributed by atoms with Gasteiger partial charge in [-0.05, 0) is 116 Å². The van der Waals surface area contributed by atoms with Crippen LogP contribution in [0.1, 0.15) is 322 Å². The fourth-order valence-corrected chi connectivity index (χ4v) is 11.3. The molecule has 0 aliphatic carbocycles. The molecule has 10 heteroatoms. The minimum Gasteiger partial charge on any atom is -0.462 e. The van der Waals surface area contributed by atoms with E-state index in [9.17, 15) is 19.0 Å². The number of nitrogens with zero attached hydrogens (tertiary/aromatic N) is 1. The summed E-state index contributed by atoms with van der Waals surface area (Å²) in [6, 6.07) is 0. The summed E-state index contributed by atoms with van der Waals surface area (Å²) in [5, 5.41) is 0. The first kappa shape index (κ1) is 89.9. The van der Waals surface area contributed by atoms with E-state index in [4.69, 9.17) is 18.5 Å². The van der Waals surface area contributed by atoms with E-state index in [2.05, 4.69) is 160 Å². The normalized spacial score (nSPS) is 13.9. The summed E-state index contributed by atoms with van der Waals surface area (Å²) in [5.74, 6) is -0.800. The summed E-state index contributed by atoms with van der Waals surface area (Å²) in [4.78, 5) is 36.0. The predicted molar refractivity (Wildman–Crippen MR) is 408 cm³/mol. The molecule has 0 rings (SSSR count). The van der Waals surface area contributed by atoms with Crippen molar-refractivity contribution >= 4 is 19.8 Å². The lowest BCUT2D eigenvalue weighted by Crippen LogP contribution is -2.37. The molecule has 0 aromatic heterocycles. The highest BCUT2D eigenvalue weighted by Gasteiger charge is 2.27. The molecule has 0 aliphatic rings. The fourth-order valence-electron chi connectivity index (χ4n) is 10.6. The number of allylic oxidation sites excluding steroid dienone is 24. The molecule has 1 N–H and O–H groups in total. The van der Waals surface area contributed by atoms with E-state index in [0.717, 1.165) is 122 Å². The Hall–Kier alpha value is -4.11. The number of quaternary nitrogens is 1. The minimum absolute atomic E-state index is 0.0257. The zero-order valence-corrected chi connectivity index (χ0v) is 62.3. The number of unbranched alkanes of at least 4 members (excludes halogenated alkanes) is 32. The summed E-state index contributed by atoms with van der Waals surface area (Å²) in [5.41, 5.74) is 0. The van der Waals surface area contributed by atoms with Crippen LogP contribution in [0, 0.1) is 0 Å². The van der Waals surface area contributed by atoms with Crippen molar-refractivity contribution in [1.82, 2.24) is 0 Å². The van der Waals surface area contributed by atoms with Gasteiger partial charge in [-0.2, -0.15) is 0 Å². The van der Waals surface area contributed by atoms with Gasteiger partial charge in [0.05, 0.1) is 27.7 Å². The Labute approximate surface area is 580 Å². The fraction of sp³-hybridized carbons (Fsp3) is 0.690. The molecular weight excluding hydrogens is 1180 g/mol. The maximum Gasteiger partial charge on any atom is 0.472 e. The van der Waals surface area contributed by atoms with Crippen molar-refractivity contribution in [2.45, 2.75) is 328 Å². The maximum atomic E-state index is 12.9. The second-order valence-corrected chi connectivity index (χ2v) is 28.1. The smallest absolute Gasteiger partial charge is 0.462 e. The summed E-state index contributed by atoms with van der Waals surface area (Å²) < 4.78 is 34.8. The van der Waals surface area contributed by atoms with E-state index in [1.807, 2.05) is 21.1 Å². The van der Waals surface area contributed by atoms with E-state index in [-0.39, 0.29) is 32.0 Å². The highest BCUT2D eigenvalue weighted by molar-refractivity contribution is 7.47. The largest absolute Gasteiger partial charge is 0.472 e. The number of esters is 2. The number of ether oxygens (including phenoxy) is 2. The summed E-state index contributed by atoms with van der Waals surface area (Å²) >= 11 is 0. The third kappa shape index (κ3) is 76.9. The standard InChI is InChI=1S/C84H144NO8P/c1-6-8-10-12-14-16-18-20-22-24-26-28-30-32-34-36-38-39-40-41-42-43-44-45-47-48-50-52-54-56-58-60-62-64-66-68-70-72-74-76-83(86)90-80-82(81-92-94(88,89)91-79-78-85(3,4)5)93-84(87)77-75-73-71-69-67-65-63-61-59-57-55-53-51-49-46-37-35-33-31-29-27-25-23-21-19-17-15-13-11-9-7-2/h8-11,14-17,20-23,26-29,32-35,46,49,53,55,82H,6-7,12-13,18-19,24-25,30-31,36-45,47-48,50-52,54,56-81H2,1-5H3/p+1/b10-8-,11-9-,16-14-,17-15-,22-20-,23-21-,28-26-,29-27-,34-32-,35-33-,49-46-,55-53-. The van der Waals surface area contributed by atoms with Crippen molar-refractivity contribution < 1.29 is 42.1 Å². The summed E-state index contributed by atoms with van der Waals surface area (Å²) in [7, 11) is 1.47. The van der Waals surface area contributed by atoms with Crippen LogP contribution in [-0.4, -0.2) is 74.9 Å². The van der Waals surface area contributed by atoms with Gasteiger partial charge in [0.15, 0.2) is 6.10 Å². The molecule has 0 spiro atoms. The SMILES string of the molecule is CC/C=C\C/C=C\C/C=C\C/C=C\C/C=C\C/C=C\C/C=C\CCCCCCCCCCCC(=O)OC(COC(=O)CCCCCCCCCCCCCCCCCCCCCCCCC/C=C\C/C=C\C/C=C\C/C=C\C/C=C\CC)COP(=O)(O)OCC[N+](C)(C)C. The Morgan fingerprint density at radius 2 is 0.574 bits per heavy atom. The van der Waals surface area contributed by atoms with E-state index in [1.54, 1.807) is 0 Å². The minimum atomic E-state index is -4.40. The first-order chi connectivity index (χ1) is 46.0. The van der Waals surface area contributed by atoms with Crippen LogP contribution in [0.5, 0.6) is 0 Å². The number of hydrogen-bond acceptors (Lipinski definition) is 7. The van der Waals surface area contributed by atoms with Crippen molar-refractivity contribution in [2.24, 2.45) is 0 Å². The van der Waals surface area contributed by atoms with Crippen LogP contribution in [0.15, 0.2) is 146 Å². The topological polar surface area (TPSA) is 108 Å². The Balaban J connectivity index is 3.99. The molecule has 2 unspecified atom stereocenters. The summed E-state index contributed by atoms with van der Waals surface area (Å²) in [6.45, 7) is 4.22. The lowest BCUT2D eigenvalue weighted by Gasteiger charge is -2.24. The number of phosphoric ester groups is 1. The second kappa shape index (κ2) is 73.1. The van der Waals surface area contributed by atoms with E-state index < -0.39 is 26.5 Å². The Morgan fingerprint density at radius 1 is 0.330 bits per heavy atom. The average Bonchev–Trinajstić information content (AvgIpc) is 1.66. The predicted octanol–water partition coefficient (Wildman–Crippen LogP) is 25.7. The van der Waals surface area contributed by atoms with Crippen LogP contribution in [0.4, 0.5) is 0 Å². The van der Waals surface area contributed by atoms with Crippen LogP contribution < -0.4 is 0 Å². The van der Waals surface area contributed by atoms with Crippen molar-refractivity contribution in [3.05, 3.63) is 146 Å². The summed E-state index contributed by atoms with van der Waals surface area (Å²) in [6.07, 6.45) is 108. The van der Waals surface area contributed by atoms with Gasteiger partial charge in [0, 0.05) is 12.8 Å². The molecule has 0 aromatic rings. The Kier molecular flexibility index (Phi) is 69.9. The molecule has 0 radical (unpaired) electrons. The van der Waals surface area contributed by atoms with Gasteiger partial charge in [-0.15, -0.1) is 0 Å². The number of rotatable bonds is 70. The molecule has 0 saturated carbocycles. The monoisotopic (exact) mass is 1330 g/mol. The highest BCUT2D eigenvalue weighted by Crippen LogP contribution is 2.43. The molecule has 0 heterocycles. The first-order valence-corrected chi connectivity index (χ1v) is 40.1. The van der Waals surface area contributed by atoms with Crippen LogP contribution in [-0.2, 0) is 32.7 Å². The zero-order chi connectivity index (χ0) is 68.3. The number of carbonyl (C=O) groups is 2. The second-order valence-electron chi connectivity index (χ2n) is 26.6. The third-order valence-electron chi connectivity index (χ3n) is 16.4. The molecule has 0 aromatic carbocycles. The Morgan fingerprint density at radius 3 is 0.851 bits per heavy atom. The van der Waals surface area contributed by atoms with E-state index >= 15 is 0 Å². The number of carbonyl (C=O) groups excluding carboxylic acids is 2. The van der Waals surface area contributed by atoms with Crippen molar-refractivity contribution in [1.29, 1.82) is 0 Å². The van der Waals surface area contributed by atoms with Gasteiger partial charge >= 0.3 is 19.8 Å². The lowest BCUT2D eigenvalue weighted by atomic mass is 10.0. The molecule has 0 saturated heterocycles. The van der Waals surface area contributed by atoms with Gasteiger partial charge < -0.3 is 18.9 Å². The molecule has 0 aliphatic heterocycles. The Bertz CT molecular complexity index is 2100. The van der Waals surface area contributed by atoms with Crippen molar-refractivity contribution in [3.63, 3.8) is 0 Å². The van der Waals surface area contributed by atoms with Crippen LogP contribution in [0.2, 0.25) is 0 Å². The molecule has 0 bridgehead atoms. The van der Waals surface area contributed by atoms with Gasteiger partial charge in [0.2, 0.25) is 0 Å². The number of hydrogen-bond donors (Lipinski definition) is 1. The van der Waals surface area contributed by atoms with Crippen LogP contribution >= 0.6 is 7.82 Å². The molecule has 538 valence electrons. The molecule has 2 atom stereocenters. The third-order valence-corrected chi connectivity index (χ3v) is 17.3. The lowest BCUT2D eigenvalue weighted by molar-refractivity contribution is -0.870. The molecule has 9 nitrogen and oxygen atoms in total. The molecule has 0 amide bonds. The molecule has 94 heavy (non-hydrogen) atoms. The number of likely N-dealkylation sites (N-methyl/N-ethyl adjacent to an activating group) is 1. The maximum absolute atomic E-state index is 12.9. The quantitative estimate of drug-likeness (QED) is 0.0211. The zero-order valence-electron chi connectivity index (χ0n) is 61.4. The van der Waals surface area contributed by atoms with E-state index in [1.165, 1.54) is 167 Å². The molecule has 0 fully saturated rings. The van der Waals surface area contributed by atoms with Gasteiger partial charge in [-0.25, -0.2) is 4.57 Å². The van der Waals surface area contributed by atoms with Gasteiger partial charge in [-0.1, -0.05) is 339 Å². The average molecular weight is 1330 g/mol. The van der Waals surface area contributed by atoms with Gasteiger partial charge in [-0.3, -0.25) is 18.6 Å². The van der Waals surface area contributed by atoms with Crippen LogP contribution in [0.3, 0.4) is 0 Å². The first-order valence-electron chi connectivity index (χ1n) is 38.6. The highest BCUT2D eigenvalue weighted by atomic mass is 31.2. The van der Waals surface area contributed by atoms with Gasteiger partial charge in [0.1, 0.15) is 19.8 Å². The van der Waals surface area contributed by atoms with Crippen LogP contribution in [0.25, 0.3) is 0 Å². The number of phosphoric acid groups is 1. The van der Waals surface area contributed by atoms with Gasteiger partial charge in [0.25, 0.3) is 0 Å².